The van der Waals surface area contributed by atoms with Crippen molar-refractivity contribution in [2.24, 2.45) is 0 Å². The number of nitrogens with one attached hydrogen (secondary N) is 1. The molecule has 0 saturated carbocycles. The van der Waals surface area contributed by atoms with Crippen LogP contribution in [0.3, 0.4) is 0 Å². The first-order valence-corrected chi connectivity index (χ1v) is 10.3. The second-order valence-electron chi connectivity index (χ2n) is 7.38. The molecule has 1 aliphatic heterocycles. The number of hydrogen-bond acceptors (Lipinski definition) is 7. The van der Waals surface area contributed by atoms with Crippen molar-refractivity contribution < 1.29 is 14.4 Å². The van der Waals surface area contributed by atoms with E-state index in [2.05, 4.69) is 29.4 Å². The van der Waals surface area contributed by atoms with Gasteiger partial charge in [0.2, 0.25) is 0 Å². The van der Waals surface area contributed by atoms with Crippen molar-refractivity contribution >= 4 is 32.4 Å². The molecule has 0 aliphatic carbocycles. The van der Waals surface area contributed by atoms with Crippen LogP contribution in [0.4, 0.5) is 10.8 Å². The van der Waals surface area contributed by atoms with Crippen molar-refractivity contribution in [2.75, 3.05) is 32.2 Å². The van der Waals surface area contributed by atoms with E-state index in [9.17, 15) is 10.1 Å². The zero-order chi connectivity index (χ0) is 20.4. The number of anilines is 1. The number of thiazole rings is 1. The number of fused-ring (bicyclic) bond motifs is 1. The normalized spacial score (nSPS) is 15.9. The number of ether oxygens (including phenoxy) is 2. The third-order valence-corrected chi connectivity index (χ3v) is 6.51. The van der Waals surface area contributed by atoms with Gasteiger partial charge in [-0.2, -0.15) is 0 Å². The molecule has 1 N–H and O–H groups in total. The van der Waals surface area contributed by atoms with Crippen LogP contribution in [0.5, 0.6) is 5.75 Å². The highest BCUT2D eigenvalue weighted by Gasteiger charge is 2.37. The summed E-state index contributed by atoms with van der Waals surface area (Å²) >= 11 is 1.44. The summed E-state index contributed by atoms with van der Waals surface area (Å²) < 4.78 is 12.1. The number of aryl methyl sites for hydroxylation is 1. The number of aromatic nitrogens is 1. The number of methoxy groups -OCH3 is 1. The fourth-order valence-corrected chi connectivity index (χ4v) is 4.78. The van der Waals surface area contributed by atoms with Crippen LogP contribution in [-0.4, -0.2) is 36.8 Å². The minimum atomic E-state index is -0.382. The third kappa shape index (κ3) is 3.90. The van der Waals surface area contributed by atoms with Gasteiger partial charge in [-0.1, -0.05) is 29.0 Å². The smallest absolute Gasteiger partial charge is 0.270 e. The van der Waals surface area contributed by atoms with Crippen LogP contribution in [0.2, 0.25) is 0 Å². The van der Waals surface area contributed by atoms with Gasteiger partial charge in [-0.15, -0.1) is 0 Å². The average Bonchev–Trinajstić information content (AvgIpc) is 3.15. The number of nitrogens with zero attached hydrogens (tertiary/aromatic N) is 2. The Hall–Kier alpha value is -2.71. The van der Waals surface area contributed by atoms with Crippen molar-refractivity contribution in [1.82, 2.24) is 4.98 Å². The average molecular weight is 413 g/mol. The van der Waals surface area contributed by atoms with E-state index in [0.717, 1.165) is 33.9 Å². The lowest BCUT2D eigenvalue weighted by molar-refractivity contribution is -0.384. The summed E-state index contributed by atoms with van der Waals surface area (Å²) in [4.78, 5) is 15.2. The lowest BCUT2D eigenvalue weighted by Gasteiger charge is -2.38. The zero-order valence-corrected chi connectivity index (χ0v) is 17.3. The van der Waals surface area contributed by atoms with Gasteiger partial charge in [-0.05, 0) is 31.9 Å². The Kier molecular flexibility index (Phi) is 5.38. The lowest BCUT2D eigenvalue weighted by atomic mass is 9.73. The maximum Gasteiger partial charge on any atom is 0.270 e. The van der Waals surface area contributed by atoms with Gasteiger partial charge in [0.25, 0.3) is 5.69 Å². The Labute approximate surface area is 172 Å². The second kappa shape index (κ2) is 7.96. The van der Waals surface area contributed by atoms with E-state index in [1.165, 1.54) is 28.5 Å². The third-order valence-electron chi connectivity index (χ3n) is 5.54. The molecule has 4 rings (SSSR count). The largest absolute Gasteiger partial charge is 0.496 e. The van der Waals surface area contributed by atoms with Crippen molar-refractivity contribution in [1.29, 1.82) is 0 Å². The van der Waals surface area contributed by atoms with Gasteiger partial charge < -0.3 is 14.8 Å². The fourth-order valence-electron chi connectivity index (χ4n) is 3.89. The number of benzene rings is 2. The quantitative estimate of drug-likeness (QED) is 0.466. The number of hydrogen-bond donors (Lipinski definition) is 1. The van der Waals surface area contributed by atoms with E-state index < -0.39 is 0 Å². The highest BCUT2D eigenvalue weighted by molar-refractivity contribution is 7.22. The number of nitro groups is 1. The lowest BCUT2D eigenvalue weighted by Crippen LogP contribution is -2.40. The van der Waals surface area contributed by atoms with Crippen LogP contribution in [-0.2, 0) is 10.2 Å². The molecule has 8 heteroatoms. The Morgan fingerprint density at radius 1 is 1.28 bits per heavy atom. The van der Waals surface area contributed by atoms with Gasteiger partial charge in [0.15, 0.2) is 5.13 Å². The van der Waals surface area contributed by atoms with Crippen LogP contribution in [0.25, 0.3) is 10.2 Å². The van der Waals surface area contributed by atoms with Gasteiger partial charge in [0.1, 0.15) is 5.75 Å². The van der Waals surface area contributed by atoms with Gasteiger partial charge in [-0.3, -0.25) is 10.1 Å². The molecule has 2 aromatic carbocycles. The summed E-state index contributed by atoms with van der Waals surface area (Å²) in [6, 6.07) is 11.0. The molecule has 29 heavy (non-hydrogen) atoms. The molecule has 0 unspecified atom stereocenters. The predicted octanol–water partition coefficient (Wildman–Crippen LogP) is 4.68. The maximum atomic E-state index is 11.0. The van der Waals surface area contributed by atoms with E-state index in [-0.39, 0.29) is 16.0 Å². The molecule has 0 spiro atoms. The highest BCUT2D eigenvalue weighted by Crippen LogP contribution is 2.41. The first-order valence-electron chi connectivity index (χ1n) is 9.52. The molecule has 0 radical (unpaired) electrons. The van der Waals surface area contributed by atoms with Gasteiger partial charge in [0.05, 0.1) is 22.2 Å². The summed E-state index contributed by atoms with van der Waals surface area (Å²) in [6.07, 6.45) is 1.77. The molecule has 0 amide bonds. The zero-order valence-electron chi connectivity index (χ0n) is 16.4. The molecule has 3 aromatic rings. The van der Waals surface area contributed by atoms with Crippen molar-refractivity contribution in [3.8, 4) is 5.75 Å². The van der Waals surface area contributed by atoms with E-state index in [0.29, 0.717) is 19.8 Å². The number of rotatable bonds is 6. The number of nitro benzene ring substituents is 1. The molecule has 7 nitrogen and oxygen atoms in total. The molecule has 1 aromatic heterocycles. The first-order chi connectivity index (χ1) is 14.0. The predicted molar refractivity (Wildman–Crippen MR) is 114 cm³/mol. The molecular formula is C21H23N3O4S. The van der Waals surface area contributed by atoms with Crippen molar-refractivity contribution in [2.45, 2.75) is 25.2 Å². The Morgan fingerprint density at radius 3 is 2.79 bits per heavy atom. The Morgan fingerprint density at radius 2 is 2.07 bits per heavy atom. The van der Waals surface area contributed by atoms with Crippen LogP contribution in [0.1, 0.15) is 24.0 Å². The SMILES string of the molecule is COc1ccc(C)cc1C1(CNc2nc3ccc([N+](=O)[O-])cc3s2)CCOCC1. The Bertz CT molecular complexity index is 1040. The highest BCUT2D eigenvalue weighted by atomic mass is 32.1. The number of non-ortho nitro benzene ring substituents is 1. The summed E-state index contributed by atoms with van der Waals surface area (Å²) in [5, 5.41) is 15.3. The van der Waals surface area contributed by atoms with E-state index in [1.54, 1.807) is 19.2 Å². The van der Waals surface area contributed by atoms with Crippen molar-refractivity contribution in [3.05, 3.63) is 57.6 Å². The van der Waals surface area contributed by atoms with Crippen LogP contribution in [0, 0.1) is 17.0 Å². The first kappa shape index (κ1) is 19.6. The minimum Gasteiger partial charge on any atom is -0.496 e. The molecular weight excluding hydrogens is 390 g/mol. The molecule has 0 bridgehead atoms. The summed E-state index contributed by atoms with van der Waals surface area (Å²) in [5.74, 6) is 0.888. The molecule has 1 fully saturated rings. The summed E-state index contributed by atoms with van der Waals surface area (Å²) in [6.45, 7) is 4.18. The van der Waals surface area contributed by atoms with Crippen LogP contribution in [0.15, 0.2) is 36.4 Å². The standard InChI is InChI=1S/C21H23N3O4S/c1-14-3-6-18(27-2)16(11-14)21(7-9-28-10-8-21)13-22-20-23-17-5-4-15(24(25)26)12-19(17)29-20/h3-6,11-12H,7-10,13H2,1-2H3,(H,22,23). The van der Waals surface area contributed by atoms with Gasteiger partial charge in [-0.25, -0.2) is 4.98 Å². The molecule has 0 atom stereocenters. The monoisotopic (exact) mass is 413 g/mol. The van der Waals surface area contributed by atoms with Crippen LogP contribution < -0.4 is 10.1 Å². The van der Waals surface area contributed by atoms with E-state index >= 15 is 0 Å². The van der Waals surface area contributed by atoms with Gasteiger partial charge in [0, 0.05) is 42.9 Å². The van der Waals surface area contributed by atoms with Crippen molar-refractivity contribution in [3.63, 3.8) is 0 Å². The van der Waals surface area contributed by atoms with Crippen LogP contribution >= 0.6 is 11.3 Å². The molecule has 1 saturated heterocycles. The molecule has 1 aliphatic rings. The Balaban J connectivity index is 1.64. The molecule has 152 valence electrons. The summed E-state index contributed by atoms with van der Waals surface area (Å²) in [7, 11) is 1.70. The summed E-state index contributed by atoms with van der Waals surface area (Å²) in [5.41, 5.74) is 3.10. The topological polar surface area (TPSA) is 86.5 Å². The fraction of sp³-hybridized carbons (Fsp3) is 0.381. The maximum absolute atomic E-state index is 11.0. The van der Waals surface area contributed by atoms with E-state index in [4.69, 9.17) is 9.47 Å². The minimum absolute atomic E-state index is 0.0816. The van der Waals surface area contributed by atoms with Gasteiger partial charge >= 0.3 is 0 Å². The second-order valence-corrected chi connectivity index (χ2v) is 8.41. The molecule has 2 heterocycles. The van der Waals surface area contributed by atoms with E-state index in [1.807, 2.05) is 6.07 Å².